The van der Waals surface area contributed by atoms with Crippen LogP contribution >= 0.6 is 11.6 Å². The molecule has 2 heterocycles. The number of esters is 1. The summed E-state index contributed by atoms with van der Waals surface area (Å²) in [6.45, 7) is 3.79. The molecular formula is C18H20ClN3O5. The zero-order valence-electron chi connectivity index (χ0n) is 15.1. The van der Waals surface area contributed by atoms with E-state index in [1.165, 1.54) is 12.4 Å². The van der Waals surface area contributed by atoms with Crippen LogP contribution < -0.4 is 4.74 Å². The Morgan fingerprint density at radius 3 is 2.78 bits per heavy atom. The lowest BCUT2D eigenvalue weighted by molar-refractivity contribution is -0.150. The number of aromatic nitrogens is 3. The Labute approximate surface area is 161 Å². The first-order valence-electron chi connectivity index (χ1n) is 8.81. The molecule has 144 valence electrons. The molecule has 0 N–H and O–H groups in total. The molecule has 0 amide bonds. The van der Waals surface area contributed by atoms with Crippen molar-refractivity contribution < 1.29 is 23.6 Å². The van der Waals surface area contributed by atoms with Gasteiger partial charge in [-0.3, -0.25) is 9.59 Å². The molecule has 1 aliphatic carbocycles. The summed E-state index contributed by atoms with van der Waals surface area (Å²) in [4.78, 5) is 31.9. The summed E-state index contributed by atoms with van der Waals surface area (Å²) in [6.07, 6.45) is 5.89. The molecule has 3 rings (SSSR count). The van der Waals surface area contributed by atoms with Gasteiger partial charge < -0.3 is 14.0 Å². The van der Waals surface area contributed by atoms with Crippen LogP contribution in [-0.4, -0.2) is 39.0 Å². The summed E-state index contributed by atoms with van der Waals surface area (Å²) in [5, 5.41) is 3.08. The fourth-order valence-corrected chi connectivity index (χ4v) is 3.39. The van der Waals surface area contributed by atoms with Crippen molar-refractivity contribution >= 4 is 22.8 Å². The minimum atomic E-state index is -0.668. The fourth-order valence-electron chi connectivity index (χ4n) is 3.17. The zero-order valence-corrected chi connectivity index (χ0v) is 15.9. The van der Waals surface area contributed by atoms with Gasteiger partial charge in [-0.05, 0) is 51.1 Å². The molecule has 0 aliphatic heterocycles. The lowest BCUT2D eigenvalue weighted by Crippen LogP contribution is -2.31. The Morgan fingerprint density at radius 2 is 2.11 bits per heavy atom. The number of hydrogen-bond donors (Lipinski definition) is 0. The molecule has 2 aromatic rings. The average molecular weight is 394 g/mol. The lowest BCUT2D eigenvalue weighted by atomic mass is 9.87. The Kier molecular flexibility index (Phi) is 6.05. The van der Waals surface area contributed by atoms with E-state index in [9.17, 15) is 9.59 Å². The molecule has 8 nitrogen and oxygen atoms in total. The van der Waals surface area contributed by atoms with Crippen molar-refractivity contribution in [2.45, 2.75) is 45.6 Å². The van der Waals surface area contributed by atoms with E-state index in [0.29, 0.717) is 30.3 Å². The number of carbonyl (C=O) groups is 2. The van der Waals surface area contributed by atoms with Gasteiger partial charge in [0.05, 0.1) is 30.6 Å². The van der Waals surface area contributed by atoms with Crippen LogP contribution in [0, 0.1) is 12.8 Å². The second-order valence-corrected chi connectivity index (χ2v) is 6.68. The van der Waals surface area contributed by atoms with Crippen LogP contribution in [0.15, 0.2) is 16.9 Å². The van der Waals surface area contributed by atoms with E-state index >= 15 is 0 Å². The number of carbonyl (C=O) groups excluding carboxylic acids is 2. The Bertz CT molecular complexity index is 821. The van der Waals surface area contributed by atoms with Gasteiger partial charge in [-0.2, -0.15) is 0 Å². The van der Waals surface area contributed by atoms with Gasteiger partial charge in [0.1, 0.15) is 17.4 Å². The standard InChI is InChI=1S/C18H20ClN3O5/c1-3-25-18(24)11-5-4-6-12(7-11)26-14-9-20-13(8-21-14)16-15(17(19)23)10(2)22-27-16/h8-9,11-12H,3-7H2,1-2H3. The van der Waals surface area contributed by atoms with Crippen molar-refractivity contribution in [1.82, 2.24) is 15.1 Å². The van der Waals surface area contributed by atoms with Crippen LogP contribution in [-0.2, 0) is 9.53 Å². The highest BCUT2D eigenvalue weighted by atomic mass is 35.5. The van der Waals surface area contributed by atoms with Crippen molar-refractivity contribution in [3.05, 3.63) is 23.7 Å². The summed E-state index contributed by atoms with van der Waals surface area (Å²) in [6, 6.07) is 0. The zero-order chi connectivity index (χ0) is 19.4. The molecule has 0 bridgehead atoms. The van der Waals surface area contributed by atoms with Gasteiger partial charge in [0.2, 0.25) is 5.88 Å². The Balaban J connectivity index is 1.68. The number of aryl methyl sites for hydroxylation is 1. The van der Waals surface area contributed by atoms with Crippen LogP contribution in [0.25, 0.3) is 11.5 Å². The molecule has 2 aromatic heterocycles. The normalized spacial score (nSPS) is 19.5. The smallest absolute Gasteiger partial charge is 0.309 e. The van der Waals surface area contributed by atoms with E-state index < -0.39 is 5.24 Å². The number of halogens is 1. The SMILES string of the molecule is CCOC(=O)C1CCCC(Oc2cnc(-c3onc(C)c3C(=O)Cl)cn2)C1. The lowest BCUT2D eigenvalue weighted by Gasteiger charge is -2.27. The molecule has 0 saturated heterocycles. The molecule has 27 heavy (non-hydrogen) atoms. The van der Waals surface area contributed by atoms with Crippen LogP contribution in [0.3, 0.4) is 0 Å². The van der Waals surface area contributed by atoms with Crippen LogP contribution in [0.5, 0.6) is 5.88 Å². The minimum Gasteiger partial charge on any atom is -0.473 e. The van der Waals surface area contributed by atoms with Crippen LogP contribution in [0.4, 0.5) is 0 Å². The summed E-state index contributed by atoms with van der Waals surface area (Å²) < 4.78 is 16.1. The largest absolute Gasteiger partial charge is 0.473 e. The first-order chi connectivity index (χ1) is 13.0. The highest BCUT2D eigenvalue weighted by Crippen LogP contribution is 2.29. The molecule has 1 aliphatic rings. The molecule has 2 atom stereocenters. The summed E-state index contributed by atoms with van der Waals surface area (Å²) in [5.41, 5.74) is 0.892. The first-order valence-corrected chi connectivity index (χ1v) is 9.19. The summed E-state index contributed by atoms with van der Waals surface area (Å²) >= 11 is 5.58. The second-order valence-electron chi connectivity index (χ2n) is 6.34. The van der Waals surface area contributed by atoms with E-state index in [1.807, 2.05) is 0 Å². The average Bonchev–Trinajstić information content (AvgIpc) is 3.04. The molecule has 9 heteroatoms. The van der Waals surface area contributed by atoms with Gasteiger partial charge in [-0.25, -0.2) is 9.97 Å². The number of nitrogens with zero attached hydrogens (tertiary/aromatic N) is 3. The van der Waals surface area contributed by atoms with E-state index in [2.05, 4.69) is 15.1 Å². The molecular weight excluding hydrogens is 374 g/mol. The molecule has 2 unspecified atom stereocenters. The Hall–Kier alpha value is -2.48. The molecule has 1 saturated carbocycles. The maximum atomic E-state index is 11.9. The molecule has 0 aromatic carbocycles. The van der Waals surface area contributed by atoms with Crippen molar-refractivity contribution in [3.8, 4) is 17.3 Å². The predicted octanol–water partition coefficient (Wildman–Crippen LogP) is 3.32. The van der Waals surface area contributed by atoms with Crippen molar-refractivity contribution in [1.29, 1.82) is 0 Å². The van der Waals surface area contributed by atoms with Crippen molar-refractivity contribution in [3.63, 3.8) is 0 Å². The number of ether oxygens (including phenoxy) is 2. The highest BCUT2D eigenvalue weighted by Gasteiger charge is 2.29. The third-order valence-corrected chi connectivity index (χ3v) is 4.64. The first kappa shape index (κ1) is 19.3. The van der Waals surface area contributed by atoms with Crippen molar-refractivity contribution in [2.75, 3.05) is 6.61 Å². The topological polar surface area (TPSA) is 104 Å². The van der Waals surface area contributed by atoms with Gasteiger partial charge in [0.15, 0.2) is 5.76 Å². The fraction of sp³-hybridized carbons (Fsp3) is 0.500. The maximum Gasteiger partial charge on any atom is 0.309 e. The number of rotatable bonds is 6. The highest BCUT2D eigenvalue weighted by molar-refractivity contribution is 6.68. The summed E-state index contributed by atoms with van der Waals surface area (Å²) in [7, 11) is 0. The third kappa shape index (κ3) is 4.44. The Morgan fingerprint density at radius 1 is 1.30 bits per heavy atom. The third-order valence-electron chi connectivity index (χ3n) is 4.45. The number of hydrogen-bond acceptors (Lipinski definition) is 8. The minimum absolute atomic E-state index is 0.124. The molecule has 1 fully saturated rings. The van der Waals surface area contributed by atoms with Gasteiger partial charge in [0.25, 0.3) is 5.24 Å². The van der Waals surface area contributed by atoms with Gasteiger partial charge in [-0.15, -0.1) is 0 Å². The monoisotopic (exact) mass is 393 g/mol. The quantitative estimate of drug-likeness (QED) is 0.543. The molecule has 0 spiro atoms. The second kappa shape index (κ2) is 8.47. The maximum absolute atomic E-state index is 11.9. The molecule has 0 radical (unpaired) electrons. The van der Waals surface area contributed by atoms with E-state index in [4.69, 9.17) is 25.6 Å². The van der Waals surface area contributed by atoms with Crippen LogP contribution in [0.2, 0.25) is 0 Å². The summed E-state index contributed by atoms with van der Waals surface area (Å²) in [5.74, 6) is 0.187. The predicted molar refractivity (Wildman–Crippen MR) is 95.5 cm³/mol. The van der Waals surface area contributed by atoms with Crippen molar-refractivity contribution in [2.24, 2.45) is 5.92 Å². The van der Waals surface area contributed by atoms with E-state index in [0.717, 1.165) is 19.3 Å². The van der Waals surface area contributed by atoms with Gasteiger partial charge in [0, 0.05) is 0 Å². The van der Waals surface area contributed by atoms with E-state index in [-0.39, 0.29) is 29.3 Å². The van der Waals surface area contributed by atoms with Gasteiger partial charge in [-0.1, -0.05) is 5.16 Å². The van der Waals surface area contributed by atoms with Crippen LogP contribution in [0.1, 0.15) is 48.7 Å². The van der Waals surface area contributed by atoms with E-state index in [1.54, 1.807) is 13.8 Å². The van der Waals surface area contributed by atoms with Gasteiger partial charge >= 0.3 is 5.97 Å².